The van der Waals surface area contributed by atoms with E-state index in [-0.39, 0.29) is 18.3 Å². The molecule has 0 bridgehead atoms. The molecule has 3 rings (SSSR count). The van der Waals surface area contributed by atoms with Crippen molar-refractivity contribution in [3.63, 3.8) is 0 Å². The highest BCUT2D eigenvalue weighted by Crippen LogP contribution is 2.13. The molecule has 1 heterocycles. The molecule has 7 nitrogen and oxygen atoms in total. The molecular formula is C19H20FN5O2. The van der Waals surface area contributed by atoms with Crippen molar-refractivity contribution in [3.05, 3.63) is 71.3 Å². The molecule has 0 radical (unpaired) electrons. The average molecular weight is 369 g/mol. The summed E-state index contributed by atoms with van der Waals surface area (Å²) in [7, 11) is 0. The van der Waals surface area contributed by atoms with Crippen molar-refractivity contribution in [1.82, 2.24) is 25.5 Å². The molecule has 0 saturated heterocycles. The van der Waals surface area contributed by atoms with Crippen LogP contribution in [-0.2, 0) is 19.6 Å². The molecule has 1 aromatic heterocycles. The summed E-state index contributed by atoms with van der Waals surface area (Å²) < 4.78 is 20.4. The SMILES string of the molecule is CCn1nnnc1COc1ccc(C(=O)NCCc2cccc(F)c2)cc1. The third-order valence-corrected chi connectivity index (χ3v) is 3.98. The minimum Gasteiger partial charge on any atom is -0.486 e. The van der Waals surface area contributed by atoms with Crippen molar-refractivity contribution in [2.75, 3.05) is 6.54 Å². The van der Waals surface area contributed by atoms with Crippen molar-refractivity contribution in [2.24, 2.45) is 0 Å². The van der Waals surface area contributed by atoms with E-state index in [1.165, 1.54) is 12.1 Å². The fourth-order valence-electron chi connectivity index (χ4n) is 2.54. The Morgan fingerprint density at radius 1 is 1.22 bits per heavy atom. The second-order valence-electron chi connectivity index (χ2n) is 5.86. The van der Waals surface area contributed by atoms with E-state index in [0.717, 1.165) is 5.56 Å². The number of aromatic nitrogens is 4. The van der Waals surface area contributed by atoms with Crippen molar-refractivity contribution in [1.29, 1.82) is 0 Å². The molecule has 0 spiro atoms. The van der Waals surface area contributed by atoms with Gasteiger partial charge >= 0.3 is 0 Å². The van der Waals surface area contributed by atoms with E-state index in [1.807, 2.05) is 13.0 Å². The molecule has 0 fully saturated rings. The standard InChI is InChI=1S/C19H20FN5O2/c1-2-25-18(22-23-24-25)13-27-17-8-6-15(7-9-17)19(26)21-11-10-14-4-3-5-16(20)12-14/h3-9,12H,2,10-11,13H2,1H3,(H,21,26). The van der Waals surface area contributed by atoms with Crippen molar-refractivity contribution < 1.29 is 13.9 Å². The molecule has 0 aliphatic rings. The zero-order valence-electron chi connectivity index (χ0n) is 14.9. The molecule has 27 heavy (non-hydrogen) atoms. The maximum Gasteiger partial charge on any atom is 0.251 e. The highest BCUT2D eigenvalue weighted by atomic mass is 19.1. The van der Waals surface area contributed by atoms with Crippen LogP contribution in [0.25, 0.3) is 0 Å². The highest BCUT2D eigenvalue weighted by Gasteiger charge is 2.08. The largest absolute Gasteiger partial charge is 0.486 e. The Kier molecular flexibility index (Phi) is 6.09. The van der Waals surface area contributed by atoms with Gasteiger partial charge in [-0.1, -0.05) is 12.1 Å². The molecule has 8 heteroatoms. The first kappa shape index (κ1) is 18.5. The molecule has 0 atom stereocenters. The molecule has 140 valence electrons. The third kappa shape index (κ3) is 5.10. The van der Waals surface area contributed by atoms with Gasteiger partial charge in [-0.15, -0.1) is 5.10 Å². The average Bonchev–Trinajstić information content (AvgIpc) is 3.14. The van der Waals surface area contributed by atoms with Gasteiger partial charge in [-0.25, -0.2) is 9.07 Å². The van der Waals surface area contributed by atoms with Crippen LogP contribution in [0.2, 0.25) is 0 Å². The van der Waals surface area contributed by atoms with Crippen LogP contribution in [0.15, 0.2) is 48.5 Å². The monoisotopic (exact) mass is 369 g/mol. The summed E-state index contributed by atoms with van der Waals surface area (Å²) in [6, 6.07) is 13.2. The number of ether oxygens (including phenoxy) is 1. The number of aryl methyl sites for hydroxylation is 1. The normalized spacial score (nSPS) is 10.6. The van der Waals surface area contributed by atoms with Gasteiger partial charge in [0.1, 0.15) is 18.2 Å². The van der Waals surface area contributed by atoms with Crippen LogP contribution in [0.1, 0.15) is 28.7 Å². The Hall–Kier alpha value is -3.29. The topological polar surface area (TPSA) is 81.9 Å². The molecule has 0 aliphatic heterocycles. The Morgan fingerprint density at radius 3 is 2.78 bits per heavy atom. The number of carbonyl (C=O) groups excluding carboxylic acids is 1. The van der Waals surface area contributed by atoms with E-state index in [9.17, 15) is 9.18 Å². The summed E-state index contributed by atoms with van der Waals surface area (Å²) in [6.07, 6.45) is 0.566. The van der Waals surface area contributed by atoms with Crippen molar-refractivity contribution in [3.8, 4) is 5.75 Å². The van der Waals surface area contributed by atoms with E-state index in [4.69, 9.17) is 4.74 Å². The van der Waals surface area contributed by atoms with Crippen LogP contribution < -0.4 is 10.1 Å². The Bertz CT molecular complexity index is 895. The molecule has 0 saturated carbocycles. The van der Waals surface area contributed by atoms with Crippen LogP contribution in [-0.4, -0.2) is 32.7 Å². The van der Waals surface area contributed by atoms with Gasteiger partial charge in [0.25, 0.3) is 5.91 Å². The smallest absolute Gasteiger partial charge is 0.251 e. The molecule has 1 amide bonds. The lowest BCUT2D eigenvalue weighted by atomic mass is 10.1. The van der Waals surface area contributed by atoms with Crippen LogP contribution in [0.4, 0.5) is 4.39 Å². The number of nitrogens with one attached hydrogen (secondary N) is 1. The van der Waals surface area contributed by atoms with Gasteiger partial charge < -0.3 is 10.1 Å². The fourth-order valence-corrected chi connectivity index (χ4v) is 2.54. The van der Waals surface area contributed by atoms with Crippen molar-refractivity contribution in [2.45, 2.75) is 26.5 Å². The molecule has 0 aliphatic carbocycles. The van der Waals surface area contributed by atoms with E-state index >= 15 is 0 Å². The fraction of sp³-hybridized carbons (Fsp3) is 0.263. The van der Waals surface area contributed by atoms with Gasteiger partial charge in [0, 0.05) is 18.7 Å². The summed E-state index contributed by atoms with van der Waals surface area (Å²) >= 11 is 0. The molecule has 1 N–H and O–H groups in total. The lowest BCUT2D eigenvalue weighted by Gasteiger charge is -2.08. The molecule has 3 aromatic rings. The number of hydrogen-bond acceptors (Lipinski definition) is 5. The van der Waals surface area contributed by atoms with Gasteiger partial charge in [0.05, 0.1) is 0 Å². The lowest BCUT2D eigenvalue weighted by Crippen LogP contribution is -2.25. The van der Waals surface area contributed by atoms with Gasteiger partial charge in [0.15, 0.2) is 5.82 Å². The van der Waals surface area contributed by atoms with Gasteiger partial charge in [-0.3, -0.25) is 4.79 Å². The van der Waals surface area contributed by atoms with E-state index in [2.05, 4.69) is 20.8 Å². The van der Waals surface area contributed by atoms with Crippen LogP contribution in [0.3, 0.4) is 0 Å². The lowest BCUT2D eigenvalue weighted by molar-refractivity contribution is 0.0954. The minimum atomic E-state index is -0.276. The first-order valence-electron chi connectivity index (χ1n) is 8.66. The predicted molar refractivity (Wildman–Crippen MR) is 96.7 cm³/mol. The van der Waals surface area contributed by atoms with Gasteiger partial charge in [-0.05, 0) is 65.7 Å². The van der Waals surface area contributed by atoms with Crippen LogP contribution in [0.5, 0.6) is 5.75 Å². The Labute approximate surface area is 156 Å². The molecular weight excluding hydrogens is 349 g/mol. The number of hydrogen-bond donors (Lipinski definition) is 1. The minimum absolute atomic E-state index is 0.187. The summed E-state index contributed by atoms with van der Waals surface area (Å²) in [4.78, 5) is 12.2. The van der Waals surface area contributed by atoms with E-state index in [1.54, 1.807) is 35.0 Å². The first-order chi connectivity index (χ1) is 13.2. The third-order valence-electron chi connectivity index (χ3n) is 3.98. The maximum atomic E-state index is 13.1. The molecule has 0 unspecified atom stereocenters. The van der Waals surface area contributed by atoms with E-state index in [0.29, 0.717) is 36.6 Å². The number of benzene rings is 2. The summed E-state index contributed by atoms with van der Waals surface area (Å²) in [5.74, 6) is 0.795. The van der Waals surface area contributed by atoms with Gasteiger partial charge in [-0.2, -0.15) is 0 Å². The summed E-state index contributed by atoms with van der Waals surface area (Å²) in [5, 5.41) is 14.2. The number of carbonyl (C=O) groups is 1. The second kappa shape index (κ2) is 8.88. The number of halogens is 1. The molecule has 2 aromatic carbocycles. The number of nitrogens with zero attached hydrogens (tertiary/aromatic N) is 4. The zero-order valence-corrected chi connectivity index (χ0v) is 14.9. The van der Waals surface area contributed by atoms with E-state index < -0.39 is 0 Å². The second-order valence-corrected chi connectivity index (χ2v) is 5.86. The predicted octanol–water partition coefficient (Wildman–Crippen LogP) is 2.38. The Morgan fingerprint density at radius 2 is 2.04 bits per heavy atom. The highest BCUT2D eigenvalue weighted by molar-refractivity contribution is 5.94. The number of tetrazole rings is 1. The first-order valence-corrected chi connectivity index (χ1v) is 8.66. The summed E-state index contributed by atoms with van der Waals surface area (Å²) in [6.45, 7) is 3.29. The maximum absolute atomic E-state index is 13.1. The number of rotatable bonds is 8. The Balaban J connectivity index is 1.48. The number of amides is 1. The summed E-state index contributed by atoms with van der Waals surface area (Å²) in [5.41, 5.74) is 1.37. The zero-order chi connectivity index (χ0) is 19.1. The van der Waals surface area contributed by atoms with Crippen LogP contribution in [0, 0.1) is 5.82 Å². The van der Waals surface area contributed by atoms with Gasteiger partial charge in [0.2, 0.25) is 0 Å². The quantitative estimate of drug-likeness (QED) is 0.659. The van der Waals surface area contributed by atoms with Crippen LogP contribution >= 0.6 is 0 Å². The van der Waals surface area contributed by atoms with Crippen molar-refractivity contribution >= 4 is 5.91 Å².